The van der Waals surface area contributed by atoms with Crippen LogP contribution in [0.3, 0.4) is 0 Å². The molecule has 3 rings (SSSR count). The van der Waals surface area contributed by atoms with Crippen molar-refractivity contribution in [2.24, 2.45) is 0 Å². The van der Waals surface area contributed by atoms with Gasteiger partial charge in [-0.2, -0.15) is 11.8 Å². The number of thioether (sulfide) groups is 1. The van der Waals surface area contributed by atoms with Crippen molar-refractivity contribution in [1.29, 1.82) is 0 Å². The summed E-state index contributed by atoms with van der Waals surface area (Å²) in [7, 11) is 0. The fraction of sp³-hybridized carbons (Fsp3) is 0.391. The summed E-state index contributed by atoms with van der Waals surface area (Å²) in [5.41, 5.74) is 2.43. The zero-order chi connectivity index (χ0) is 22.4. The SMILES string of the molecule is CSCCC(NC(=O)CNC(=O)c1ccc(C(C)(C)C)cc1)c1nnc2ccccn12. The van der Waals surface area contributed by atoms with E-state index in [-0.39, 0.29) is 29.8 Å². The van der Waals surface area contributed by atoms with Crippen LogP contribution in [0.4, 0.5) is 0 Å². The number of hydrogen-bond donors (Lipinski definition) is 2. The highest BCUT2D eigenvalue weighted by Gasteiger charge is 2.21. The standard InChI is InChI=1S/C23H29N5O2S/c1-23(2,3)17-10-8-16(9-11-17)22(30)24-15-20(29)25-18(12-14-31-4)21-27-26-19-7-5-6-13-28(19)21/h5-11,13,18H,12,14-15H2,1-4H3,(H,24,30)(H,25,29). The molecule has 2 aromatic heterocycles. The molecule has 2 amide bonds. The number of benzene rings is 1. The summed E-state index contributed by atoms with van der Waals surface area (Å²) in [6, 6.07) is 12.9. The predicted octanol–water partition coefficient (Wildman–Crippen LogP) is 3.37. The Kier molecular flexibility index (Phi) is 7.33. The normalized spacial score (nSPS) is 12.5. The van der Waals surface area contributed by atoms with Crippen molar-refractivity contribution in [3.8, 4) is 0 Å². The summed E-state index contributed by atoms with van der Waals surface area (Å²) in [4.78, 5) is 25.0. The second-order valence-electron chi connectivity index (χ2n) is 8.40. The van der Waals surface area contributed by atoms with Crippen molar-refractivity contribution >= 4 is 29.2 Å². The van der Waals surface area contributed by atoms with Gasteiger partial charge in [-0.1, -0.05) is 39.0 Å². The van der Waals surface area contributed by atoms with E-state index >= 15 is 0 Å². The van der Waals surface area contributed by atoms with Crippen LogP contribution in [0.15, 0.2) is 48.7 Å². The first-order chi connectivity index (χ1) is 14.8. The van der Waals surface area contributed by atoms with Gasteiger partial charge in [0.15, 0.2) is 11.5 Å². The molecule has 0 spiro atoms. The molecule has 0 radical (unpaired) electrons. The topological polar surface area (TPSA) is 88.4 Å². The molecule has 0 fully saturated rings. The van der Waals surface area contributed by atoms with Gasteiger partial charge in [0.1, 0.15) is 0 Å². The lowest BCUT2D eigenvalue weighted by Gasteiger charge is -2.19. The number of rotatable bonds is 8. The Labute approximate surface area is 187 Å². The summed E-state index contributed by atoms with van der Waals surface area (Å²) in [5.74, 6) is 1.00. The first-order valence-corrected chi connectivity index (χ1v) is 11.7. The summed E-state index contributed by atoms with van der Waals surface area (Å²) in [6.45, 7) is 6.27. The lowest BCUT2D eigenvalue weighted by atomic mass is 9.87. The van der Waals surface area contributed by atoms with E-state index in [9.17, 15) is 9.59 Å². The van der Waals surface area contributed by atoms with Gasteiger partial charge in [0.25, 0.3) is 5.91 Å². The molecule has 0 saturated carbocycles. The van der Waals surface area contributed by atoms with Gasteiger partial charge < -0.3 is 10.6 Å². The van der Waals surface area contributed by atoms with Crippen molar-refractivity contribution in [3.05, 3.63) is 65.6 Å². The molecule has 2 N–H and O–H groups in total. The van der Waals surface area contributed by atoms with Crippen LogP contribution < -0.4 is 10.6 Å². The van der Waals surface area contributed by atoms with E-state index in [0.29, 0.717) is 17.8 Å². The average molecular weight is 440 g/mol. The minimum absolute atomic E-state index is 0.0204. The largest absolute Gasteiger partial charge is 0.344 e. The van der Waals surface area contributed by atoms with E-state index in [1.165, 1.54) is 0 Å². The molecule has 0 aliphatic rings. The molecule has 0 bridgehead atoms. The molecule has 3 aromatic rings. The van der Waals surface area contributed by atoms with E-state index in [4.69, 9.17) is 0 Å². The van der Waals surface area contributed by atoms with Gasteiger partial charge in [-0.15, -0.1) is 10.2 Å². The Hall–Kier alpha value is -2.87. The highest BCUT2D eigenvalue weighted by Crippen LogP contribution is 2.22. The number of carbonyl (C=O) groups is 2. The van der Waals surface area contributed by atoms with Crippen molar-refractivity contribution < 1.29 is 9.59 Å². The van der Waals surface area contributed by atoms with Gasteiger partial charge in [-0.05, 0) is 53.7 Å². The maximum atomic E-state index is 12.6. The molecule has 164 valence electrons. The zero-order valence-corrected chi connectivity index (χ0v) is 19.2. The first kappa shape index (κ1) is 22.8. The van der Waals surface area contributed by atoms with E-state index in [2.05, 4.69) is 41.6 Å². The van der Waals surface area contributed by atoms with Crippen molar-refractivity contribution in [2.45, 2.75) is 38.6 Å². The molecular weight excluding hydrogens is 410 g/mol. The van der Waals surface area contributed by atoms with E-state index in [1.807, 2.05) is 47.2 Å². The van der Waals surface area contributed by atoms with Crippen LogP contribution in [0, 0.1) is 0 Å². The van der Waals surface area contributed by atoms with Crippen LogP contribution in [0.1, 0.15) is 55.0 Å². The minimum atomic E-state index is -0.291. The molecule has 0 aliphatic heterocycles. The number of fused-ring (bicyclic) bond motifs is 1. The molecule has 8 heteroatoms. The Morgan fingerprint density at radius 2 is 1.84 bits per heavy atom. The molecule has 1 unspecified atom stereocenters. The molecule has 1 atom stereocenters. The van der Waals surface area contributed by atoms with Gasteiger partial charge in [-0.25, -0.2) is 0 Å². The summed E-state index contributed by atoms with van der Waals surface area (Å²) in [5, 5.41) is 14.1. The third-order valence-electron chi connectivity index (χ3n) is 5.02. The number of carbonyl (C=O) groups excluding carboxylic acids is 2. The third-order valence-corrected chi connectivity index (χ3v) is 5.66. The second-order valence-corrected chi connectivity index (χ2v) is 9.38. The van der Waals surface area contributed by atoms with Crippen molar-refractivity contribution in [1.82, 2.24) is 25.2 Å². The van der Waals surface area contributed by atoms with Gasteiger partial charge in [0.2, 0.25) is 5.91 Å². The number of nitrogens with zero attached hydrogens (tertiary/aromatic N) is 3. The lowest BCUT2D eigenvalue weighted by Crippen LogP contribution is -2.39. The van der Waals surface area contributed by atoms with Crippen LogP contribution in [-0.4, -0.2) is 45.0 Å². The predicted molar refractivity (Wildman–Crippen MR) is 124 cm³/mol. The molecule has 7 nitrogen and oxygen atoms in total. The minimum Gasteiger partial charge on any atom is -0.344 e. The number of nitrogens with one attached hydrogen (secondary N) is 2. The molecule has 31 heavy (non-hydrogen) atoms. The Morgan fingerprint density at radius 1 is 1.10 bits per heavy atom. The van der Waals surface area contributed by atoms with Gasteiger partial charge in [0.05, 0.1) is 12.6 Å². The fourth-order valence-electron chi connectivity index (χ4n) is 3.23. The van der Waals surface area contributed by atoms with E-state index < -0.39 is 0 Å². The van der Waals surface area contributed by atoms with Crippen LogP contribution in [0.2, 0.25) is 0 Å². The molecule has 0 aliphatic carbocycles. The molecule has 2 heterocycles. The number of aromatic nitrogens is 3. The quantitative estimate of drug-likeness (QED) is 0.562. The van der Waals surface area contributed by atoms with E-state index in [1.54, 1.807) is 23.9 Å². The highest BCUT2D eigenvalue weighted by atomic mass is 32.2. The summed E-state index contributed by atoms with van der Waals surface area (Å²) < 4.78 is 1.88. The van der Waals surface area contributed by atoms with Gasteiger partial charge >= 0.3 is 0 Å². The first-order valence-electron chi connectivity index (χ1n) is 10.3. The molecular formula is C23H29N5O2S. The summed E-state index contributed by atoms with van der Waals surface area (Å²) >= 11 is 1.70. The van der Waals surface area contributed by atoms with Crippen LogP contribution in [0.5, 0.6) is 0 Å². The Balaban J connectivity index is 1.62. The average Bonchev–Trinajstić information content (AvgIpc) is 3.18. The number of hydrogen-bond acceptors (Lipinski definition) is 5. The van der Waals surface area contributed by atoms with Gasteiger partial charge in [0, 0.05) is 11.8 Å². The zero-order valence-electron chi connectivity index (χ0n) is 18.4. The maximum absolute atomic E-state index is 12.6. The van der Waals surface area contributed by atoms with Crippen molar-refractivity contribution in [2.75, 3.05) is 18.6 Å². The third kappa shape index (κ3) is 5.85. The van der Waals surface area contributed by atoms with Gasteiger partial charge in [-0.3, -0.25) is 14.0 Å². The summed E-state index contributed by atoms with van der Waals surface area (Å²) in [6.07, 6.45) is 4.61. The number of amides is 2. The molecule has 1 aromatic carbocycles. The van der Waals surface area contributed by atoms with Crippen LogP contribution in [0.25, 0.3) is 5.65 Å². The van der Waals surface area contributed by atoms with E-state index in [0.717, 1.165) is 17.0 Å². The molecule has 0 saturated heterocycles. The maximum Gasteiger partial charge on any atom is 0.251 e. The number of pyridine rings is 1. The fourth-order valence-corrected chi connectivity index (χ4v) is 3.70. The Morgan fingerprint density at radius 3 is 2.52 bits per heavy atom. The van der Waals surface area contributed by atoms with Crippen LogP contribution >= 0.6 is 11.8 Å². The smallest absolute Gasteiger partial charge is 0.251 e. The van der Waals surface area contributed by atoms with Crippen LogP contribution in [-0.2, 0) is 10.2 Å². The lowest BCUT2D eigenvalue weighted by molar-refractivity contribution is -0.121. The Bertz CT molecular complexity index is 1040. The van der Waals surface area contributed by atoms with Crippen molar-refractivity contribution in [3.63, 3.8) is 0 Å². The monoisotopic (exact) mass is 439 g/mol. The highest BCUT2D eigenvalue weighted by molar-refractivity contribution is 7.98. The second kappa shape index (κ2) is 9.96.